The van der Waals surface area contributed by atoms with E-state index < -0.39 is 5.97 Å². The van der Waals surface area contributed by atoms with Crippen LogP contribution < -0.4 is 0 Å². The zero-order chi connectivity index (χ0) is 12.5. The highest BCUT2D eigenvalue weighted by Crippen LogP contribution is 2.32. The molecule has 17 heavy (non-hydrogen) atoms. The minimum atomic E-state index is -0.641. The van der Waals surface area contributed by atoms with Gasteiger partial charge in [-0.05, 0) is 39.2 Å². The summed E-state index contributed by atoms with van der Waals surface area (Å²) in [6.07, 6.45) is 3.91. The first-order valence-electron chi connectivity index (χ1n) is 6.65. The quantitative estimate of drug-likeness (QED) is 0.817. The molecule has 4 heteroatoms. The normalized spacial score (nSPS) is 39.4. The first kappa shape index (κ1) is 12.8. The first-order chi connectivity index (χ1) is 8.04. The number of nitrogens with zero attached hydrogens (tertiary/aromatic N) is 1. The Labute approximate surface area is 103 Å². The Morgan fingerprint density at radius 2 is 2.29 bits per heavy atom. The average Bonchev–Trinajstić information content (AvgIpc) is 2.78. The summed E-state index contributed by atoms with van der Waals surface area (Å²) in [5.74, 6) is -0.802. The predicted molar refractivity (Wildman–Crippen MR) is 65.0 cm³/mol. The van der Waals surface area contributed by atoms with E-state index in [1.807, 2.05) is 0 Å². The highest BCUT2D eigenvalue weighted by molar-refractivity contribution is 5.70. The Bertz CT molecular complexity index is 294. The minimum Gasteiger partial charge on any atom is -0.481 e. The van der Waals surface area contributed by atoms with Crippen molar-refractivity contribution in [3.05, 3.63) is 0 Å². The van der Waals surface area contributed by atoms with Crippen molar-refractivity contribution in [2.24, 2.45) is 5.92 Å². The van der Waals surface area contributed by atoms with Crippen LogP contribution in [0.25, 0.3) is 0 Å². The van der Waals surface area contributed by atoms with Gasteiger partial charge in [-0.1, -0.05) is 6.92 Å². The summed E-state index contributed by atoms with van der Waals surface area (Å²) in [6.45, 7) is 6.79. The molecule has 0 aromatic rings. The maximum absolute atomic E-state index is 11.0. The van der Waals surface area contributed by atoms with E-state index in [0.29, 0.717) is 6.04 Å². The Morgan fingerprint density at radius 1 is 1.53 bits per heavy atom. The molecule has 0 spiro atoms. The van der Waals surface area contributed by atoms with Gasteiger partial charge in [-0.2, -0.15) is 0 Å². The van der Waals surface area contributed by atoms with Crippen LogP contribution >= 0.6 is 0 Å². The largest absolute Gasteiger partial charge is 0.481 e. The van der Waals surface area contributed by atoms with E-state index >= 15 is 0 Å². The van der Waals surface area contributed by atoms with Gasteiger partial charge in [0.15, 0.2) is 0 Å². The summed E-state index contributed by atoms with van der Waals surface area (Å²) in [5.41, 5.74) is -0.00970. The maximum Gasteiger partial charge on any atom is 0.307 e. The second-order valence-corrected chi connectivity index (χ2v) is 5.62. The van der Waals surface area contributed by atoms with Crippen molar-refractivity contribution in [2.75, 3.05) is 19.7 Å². The molecule has 0 aromatic carbocycles. The number of hydrogen-bond donors (Lipinski definition) is 1. The summed E-state index contributed by atoms with van der Waals surface area (Å²) in [7, 11) is 0. The molecule has 0 aromatic heterocycles. The molecule has 3 atom stereocenters. The van der Waals surface area contributed by atoms with E-state index in [1.165, 1.54) is 0 Å². The van der Waals surface area contributed by atoms with Gasteiger partial charge in [0.2, 0.25) is 0 Å². The number of carbonyl (C=O) groups is 1. The fourth-order valence-corrected chi connectivity index (χ4v) is 2.98. The number of ether oxygens (including phenoxy) is 1. The second kappa shape index (κ2) is 4.94. The Morgan fingerprint density at radius 3 is 2.88 bits per heavy atom. The summed E-state index contributed by atoms with van der Waals surface area (Å²) in [5, 5.41) is 9.03. The van der Waals surface area contributed by atoms with Crippen LogP contribution in [0.2, 0.25) is 0 Å². The lowest BCUT2D eigenvalue weighted by molar-refractivity contribution is -0.141. The molecule has 0 saturated carbocycles. The number of rotatable bonds is 3. The van der Waals surface area contributed by atoms with Crippen molar-refractivity contribution in [3.63, 3.8) is 0 Å². The fraction of sp³-hybridized carbons (Fsp3) is 0.923. The number of hydrogen-bond acceptors (Lipinski definition) is 3. The molecule has 2 rings (SSSR count). The molecule has 0 amide bonds. The average molecular weight is 241 g/mol. The molecule has 98 valence electrons. The van der Waals surface area contributed by atoms with Crippen molar-refractivity contribution >= 4 is 5.97 Å². The van der Waals surface area contributed by atoms with Crippen LogP contribution in [0.5, 0.6) is 0 Å². The van der Waals surface area contributed by atoms with Gasteiger partial charge in [-0.25, -0.2) is 0 Å². The Kier molecular flexibility index (Phi) is 3.73. The van der Waals surface area contributed by atoms with Gasteiger partial charge in [0, 0.05) is 19.2 Å². The van der Waals surface area contributed by atoms with Gasteiger partial charge in [-0.3, -0.25) is 9.69 Å². The van der Waals surface area contributed by atoms with Gasteiger partial charge in [0.1, 0.15) is 0 Å². The lowest BCUT2D eigenvalue weighted by Gasteiger charge is -2.41. The van der Waals surface area contributed by atoms with Crippen LogP contribution in [-0.4, -0.2) is 47.3 Å². The van der Waals surface area contributed by atoms with Crippen molar-refractivity contribution < 1.29 is 14.6 Å². The third-order valence-electron chi connectivity index (χ3n) is 4.40. The van der Waals surface area contributed by atoms with Crippen molar-refractivity contribution in [1.29, 1.82) is 0 Å². The topological polar surface area (TPSA) is 49.8 Å². The monoisotopic (exact) mass is 241 g/mol. The van der Waals surface area contributed by atoms with Gasteiger partial charge in [-0.15, -0.1) is 0 Å². The molecule has 4 nitrogen and oxygen atoms in total. The van der Waals surface area contributed by atoms with Gasteiger partial charge in [0.25, 0.3) is 0 Å². The molecule has 2 aliphatic heterocycles. The van der Waals surface area contributed by atoms with Gasteiger partial charge in [0.05, 0.1) is 11.5 Å². The molecule has 2 saturated heterocycles. The molecule has 2 heterocycles. The highest BCUT2D eigenvalue weighted by Gasteiger charge is 2.38. The SMILES string of the molecule is CCC1(C)CC(N2CCC(C(=O)O)C2)CCO1. The Balaban J connectivity index is 1.93. The summed E-state index contributed by atoms with van der Waals surface area (Å²) >= 11 is 0. The van der Waals surface area contributed by atoms with E-state index in [2.05, 4.69) is 18.7 Å². The summed E-state index contributed by atoms with van der Waals surface area (Å²) in [4.78, 5) is 13.3. The zero-order valence-electron chi connectivity index (χ0n) is 10.8. The molecule has 0 bridgehead atoms. The lowest BCUT2D eigenvalue weighted by atomic mass is 9.89. The maximum atomic E-state index is 11.0. The van der Waals surface area contributed by atoms with Crippen LogP contribution in [0.15, 0.2) is 0 Å². The van der Waals surface area contributed by atoms with Crippen LogP contribution in [0.4, 0.5) is 0 Å². The summed E-state index contributed by atoms with van der Waals surface area (Å²) < 4.78 is 5.84. The zero-order valence-corrected chi connectivity index (χ0v) is 10.8. The molecule has 0 radical (unpaired) electrons. The second-order valence-electron chi connectivity index (χ2n) is 5.62. The standard InChI is InChI=1S/C13H23NO3/c1-3-13(2)8-11(5-7-17-13)14-6-4-10(9-14)12(15)16/h10-11H,3-9H2,1-2H3,(H,15,16). The van der Waals surface area contributed by atoms with Gasteiger partial charge >= 0.3 is 5.97 Å². The van der Waals surface area contributed by atoms with E-state index in [4.69, 9.17) is 9.84 Å². The smallest absolute Gasteiger partial charge is 0.307 e. The fourth-order valence-electron chi connectivity index (χ4n) is 2.98. The first-order valence-corrected chi connectivity index (χ1v) is 6.65. The van der Waals surface area contributed by atoms with Crippen LogP contribution in [0.1, 0.15) is 39.5 Å². The number of aliphatic carboxylic acids is 1. The summed E-state index contributed by atoms with van der Waals surface area (Å²) in [6, 6.07) is 0.512. The Hall–Kier alpha value is -0.610. The van der Waals surface area contributed by atoms with Crippen molar-refractivity contribution in [1.82, 2.24) is 4.90 Å². The lowest BCUT2D eigenvalue weighted by Crippen LogP contribution is -2.46. The van der Waals surface area contributed by atoms with Crippen molar-refractivity contribution in [2.45, 2.75) is 51.2 Å². The third-order valence-corrected chi connectivity index (χ3v) is 4.40. The van der Waals surface area contributed by atoms with E-state index in [1.54, 1.807) is 0 Å². The number of carboxylic acid groups (broad SMARTS) is 1. The molecular weight excluding hydrogens is 218 g/mol. The van der Waals surface area contributed by atoms with Crippen LogP contribution in [0.3, 0.4) is 0 Å². The molecule has 3 unspecified atom stereocenters. The highest BCUT2D eigenvalue weighted by atomic mass is 16.5. The van der Waals surface area contributed by atoms with E-state index in [9.17, 15) is 4.79 Å². The van der Waals surface area contributed by atoms with Crippen molar-refractivity contribution in [3.8, 4) is 0 Å². The molecule has 2 fully saturated rings. The number of likely N-dealkylation sites (tertiary alicyclic amines) is 1. The van der Waals surface area contributed by atoms with Crippen LogP contribution in [0, 0.1) is 5.92 Å². The molecule has 2 aliphatic rings. The van der Waals surface area contributed by atoms with E-state index in [0.717, 1.165) is 45.4 Å². The minimum absolute atomic E-state index is 0.00970. The van der Waals surface area contributed by atoms with Gasteiger partial charge < -0.3 is 9.84 Å². The molecule has 0 aliphatic carbocycles. The predicted octanol–water partition coefficient (Wildman–Crippen LogP) is 1.74. The third kappa shape index (κ3) is 2.80. The number of carboxylic acids is 1. The van der Waals surface area contributed by atoms with E-state index in [-0.39, 0.29) is 11.5 Å². The molecule has 1 N–H and O–H groups in total. The molecular formula is C13H23NO3. The van der Waals surface area contributed by atoms with Crippen LogP contribution in [-0.2, 0) is 9.53 Å².